The van der Waals surface area contributed by atoms with Gasteiger partial charge in [-0.3, -0.25) is 4.98 Å². The molecule has 0 saturated carbocycles. The maximum absolute atomic E-state index is 11.7. The first-order valence-electron chi connectivity index (χ1n) is 7.98. The summed E-state index contributed by atoms with van der Waals surface area (Å²) in [5.74, 6) is -0.321. The zero-order valence-corrected chi connectivity index (χ0v) is 14.2. The Morgan fingerprint density at radius 3 is 2.80 bits per heavy atom. The fourth-order valence-corrected chi connectivity index (χ4v) is 2.91. The number of nitrogens with zero attached hydrogens (tertiary/aromatic N) is 2. The fourth-order valence-electron chi connectivity index (χ4n) is 2.91. The van der Waals surface area contributed by atoms with Crippen LogP contribution in [0.3, 0.4) is 0 Å². The number of rotatable bonds is 7. The maximum atomic E-state index is 11.7. The Morgan fingerprint density at radius 1 is 1.28 bits per heavy atom. The van der Waals surface area contributed by atoms with Crippen LogP contribution < -0.4 is 4.74 Å². The van der Waals surface area contributed by atoms with Crippen LogP contribution in [0, 0.1) is 6.92 Å². The number of aromatic carboxylic acids is 1. The number of carboxylic acids is 1. The average Bonchev–Trinajstić information content (AvgIpc) is 2.95. The normalized spacial score (nSPS) is 11.0. The first-order chi connectivity index (χ1) is 12.1. The molecule has 1 aromatic carbocycles. The van der Waals surface area contributed by atoms with Crippen LogP contribution in [0.1, 0.15) is 21.6 Å². The van der Waals surface area contributed by atoms with Crippen LogP contribution in [0.2, 0.25) is 0 Å². The second-order valence-electron chi connectivity index (χ2n) is 5.77. The second kappa shape index (κ2) is 7.36. The fraction of sp³-hybridized carbons (Fsp3) is 0.263. The minimum atomic E-state index is -0.960. The smallest absolute Gasteiger partial charge is 0.337 e. The molecule has 0 atom stereocenters. The molecule has 0 aliphatic heterocycles. The number of methoxy groups -OCH3 is 1. The molecule has 0 radical (unpaired) electrons. The van der Waals surface area contributed by atoms with Gasteiger partial charge in [0, 0.05) is 24.9 Å². The molecule has 6 heteroatoms. The topological polar surface area (TPSA) is 73.6 Å². The van der Waals surface area contributed by atoms with Crippen molar-refractivity contribution in [1.82, 2.24) is 9.55 Å². The summed E-state index contributed by atoms with van der Waals surface area (Å²) in [6.07, 6.45) is 3.39. The Labute approximate surface area is 145 Å². The van der Waals surface area contributed by atoms with E-state index in [0.717, 1.165) is 16.8 Å². The van der Waals surface area contributed by atoms with Crippen molar-refractivity contribution in [3.05, 3.63) is 59.5 Å². The van der Waals surface area contributed by atoms with Gasteiger partial charge in [0.2, 0.25) is 0 Å². The van der Waals surface area contributed by atoms with Crippen LogP contribution in [0.4, 0.5) is 0 Å². The molecule has 2 aromatic heterocycles. The van der Waals surface area contributed by atoms with E-state index >= 15 is 0 Å². The minimum Gasteiger partial charge on any atom is -0.491 e. The van der Waals surface area contributed by atoms with Crippen molar-refractivity contribution >= 4 is 16.9 Å². The summed E-state index contributed by atoms with van der Waals surface area (Å²) >= 11 is 0. The van der Waals surface area contributed by atoms with E-state index in [2.05, 4.69) is 4.98 Å². The van der Waals surface area contributed by atoms with E-state index < -0.39 is 5.97 Å². The molecule has 0 spiro atoms. The number of fused-ring (bicyclic) bond motifs is 1. The second-order valence-corrected chi connectivity index (χ2v) is 5.77. The van der Waals surface area contributed by atoms with Gasteiger partial charge in [-0.1, -0.05) is 6.07 Å². The molecule has 2 heterocycles. The number of ether oxygens (including phenoxy) is 2. The first-order valence-corrected chi connectivity index (χ1v) is 7.98. The van der Waals surface area contributed by atoms with Gasteiger partial charge in [0.15, 0.2) is 0 Å². The highest BCUT2D eigenvalue weighted by Crippen LogP contribution is 2.30. The third-order valence-corrected chi connectivity index (χ3v) is 3.98. The zero-order valence-electron chi connectivity index (χ0n) is 14.2. The predicted octanol–water partition coefficient (Wildman–Crippen LogP) is 3.12. The lowest BCUT2D eigenvalue weighted by Crippen LogP contribution is -2.05. The van der Waals surface area contributed by atoms with Gasteiger partial charge < -0.3 is 19.1 Å². The Balaban J connectivity index is 2.05. The van der Waals surface area contributed by atoms with E-state index in [0.29, 0.717) is 30.9 Å². The number of pyridine rings is 1. The number of hydrogen-bond acceptors (Lipinski definition) is 4. The van der Waals surface area contributed by atoms with Gasteiger partial charge in [-0.2, -0.15) is 0 Å². The molecule has 3 rings (SSSR count). The van der Waals surface area contributed by atoms with Crippen LogP contribution in [0.5, 0.6) is 5.75 Å². The summed E-state index contributed by atoms with van der Waals surface area (Å²) in [7, 11) is 1.61. The third-order valence-electron chi connectivity index (χ3n) is 3.98. The molecule has 0 bridgehead atoms. The van der Waals surface area contributed by atoms with Gasteiger partial charge in [0.1, 0.15) is 12.4 Å². The van der Waals surface area contributed by atoms with E-state index in [4.69, 9.17) is 9.47 Å². The van der Waals surface area contributed by atoms with Gasteiger partial charge in [-0.05, 0) is 36.8 Å². The van der Waals surface area contributed by atoms with Crippen molar-refractivity contribution < 1.29 is 19.4 Å². The molecule has 0 unspecified atom stereocenters. The summed E-state index contributed by atoms with van der Waals surface area (Å²) in [6, 6.07) is 9.38. The first kappa shape index (κ1) is 17.0. The van der Waals surface area contributed by atoms with Crippen LogP contribution in [-0.2, 0) is 11.3 Å². The highest BCUT2D eigenvalue weighted by atomic mass is 16.5. The third kappa shape index (κ3) is 3.64. The number of carbonyl (C=O) groups is 1. The molecule has 0 aliphatic carbocycles. The molecular formula is C19H20N2O4. The quantitative estimate of drug-likeness (QED) is 0.669. The number of hydrogen-bond donors (Lipinski definition) is 1. The molecule has 0 saturated heterocycles. The summed E-state index contributed by atoms with van der Waals surface area (Å²) in [6.45, 7) is 3.35. The molecule has 25 heavy (non-hydrogen) atoms. The maximum Gasteiger partial charge on any atom is 0.337 e. The van der Waals surface area contributed by atoms with Crippen molar-refractivity contribution in [3.8, 4) is 5.75 Å². The zero-order chi connectivity index (χ0) is 17.8. The summed E-state index contributed by atoms with van der Waals surface area (Å²) in [4.78, 5) is 16.0. The van der Waals surface area contributed by atoms with Crippen molar-refractivity contribution in [3.63, 3.8) is 0 Å². The van der Waals surface area contributed by atoms with Crippen LogP contribution >= 0.6 is 0 Å². The molecular weight excluding hydrogens is 320 g/mol. The van der Waals surface area contributed by atoms with E-state index in [1.165, 1.54) is 0 Å². The summed E-state index contributed by atoms with van der Waals surface area (Å²) < 4.78 is 12.6. The minimum absolute atomic E-state index is 0.256. The van der Waals surface area contributed by atoms with Gasteiger partial charge in [-0.15, -0.1) is 0 Å². The van der Waals surface area contributed by atoms with Crippen molar-refractivity contribution in [2.24, 2.45) is 0 Å². The van der Waals surface area contributed by atoms with Gasteiger partial charge in [0.05, 0.1) is 29.9 Å². The lowest BCUT2D eigenvalue weighted by atomic mass is 10.1. The Bertz CT molecular complexity index is 887. The van der Waals surface area contributed by atoms with E-state index in [9.17, 15) is 9.90 Å². The van der Waals surface area contributed by atoms with Gasteiger partial charge in [-0.25, -0.2) is 4.79 Å². The number of aryl methyl sites for hydroxylation is 1. The summed E-state index contributed by atoms with van der Waals surface area (Å²) in [5, 5.41) is 10.2. The van der Waals surface area contributed by atoms with Crippen molar-refractivity contribution in [1.29, 1.82) is 0 Å². The molecule has 0 aliphatic rings. The Morgan fingerprint density at radius 2 is 2.12 bits per heavy atom. The lowest BCUT2D eigenvalue weighted by molar-refractivity contribution is 0.0699. The molecule has 3 aromatic rings. The van der Waals surface area contributed by atoms with Crippen molar-refractivity contribution in [2.75, 3.05) is 20.3 Å². The molecule has 130 valence electrons. The molecule has 0 amide bonds. The largest absolute Gasteiger partial charge is 0.491 e. The van der Waals surface area contributed by atoms with Crippen LogP contribution in [0.15, 0.2) is 42.7 Å². The van der Waals surface area contributed by atoms with E-state index in [1.807, 2.05) is 35.8 Å². The lowest BCUT2D eigenvalue weighted by Gasteiger charge is -2.10. The number of benzene rings is 1. The number of aromatic nitrogens is 2. The van der Waals surface area contributed by atoms with E-state index in [1.54, 1.807) is 25.6 Å². The molecule has 1 N–H and O–H groups in total. The molecule has 0 fully saturated rings. The highest BCUT2D eigenvalue weighted by Gasteiger charge is 2.17. The Kier molecular flexibility index (Phi) is 5.00. The summed E-state index contributed by atoms with van der Waals surface area (Å²) in [5.41, 5.74) is 2.96. The van der Waals surface area contributed by atoms with E-state index in [-0.39, 0.29) is 5.56 Å². The van der Waals surface area contributed by atoms with Gasteiger partial charge >= 0.3 is 5.97 Å². The SMILES string of the molecule is COCCOc1cc(C)c2c(c1)c(C(=O)O)cn2Cc1ccccn1. The van der Waals surface area contributed by atoms with Crippen LogP contribution in [-0.4, -0.2) is 41.0 Å². The molecule has 6 nitrogen and oxygen atoms in total. The number of carboxylic acid groups (broad SMARTS) is 1. The standard InChI is InChI=1S/C19H20N2O4/c1-13-9-15(25-8-7-24-2)10-16-17(19(22)23)12-21(18(13)16)11-14-5-3-4-6-20-14/h3-6,9-10,12H,7-8,11H2,1-2H3,(H,22,23). The van der Waals surface area contributed by atoms with Crippen LogP contribution in [0.25, 0.3) is 10.9 Å². The predicted molar refractivity (Wildman–Crippen MR) is 94.3 cm³/mol. The average molecular weight is 340 g/mol. The van der Waals surface area contributed by atoms with Crippen molar-refractivity contribution in [2.45, 2.75) is 13.5 Å². The monoisotopic (exact) mass is 340 g/mol. The highest BCUT2D eigenvalue weighted by molar-refractivity contribution is 6.04. The van der Waals surface area contributed by atoms with Gasteiger partial charge in [0.25, 0.3) is 0 Å². The Hall–Kier alpha value is -2.86.